The number of aldehydes is 1. The van der Waals surface area contributed by atoms with E-state index >= 15 is 0 Å². The molecular formula is C16H12ClF3N6O5S. The average molecular weight is 493 g/mol. The molecule has 0 aliphatic carbocycles. The molecule has 1 aromatic carbocycles. The fourth-order valence-corrected chi connectivity index (χ4v) is 3.35. The first kappa shape index (κ1) is 24.7. The summed E-state index contributed by atoms with van der Waals surface area (Å²) >= 11 is 5.90. The van der Waals surface area contributed by atoms with Gasteiger partial charge in [0.15, 0.2) is 5.65 Å². The number of halogens is 4. The van der Waals surface area contributed by atoms with Gasteiger partial charge < -0.3 is 11.1 Å². The SMILES string of the molecule is NC(=O)c1cc(S(N)(=O)=O)c(Cl)cc1NC(=O)c1cnn2cccnc12.O=CC(F)(F)F. The predicted octanol–water partition coefficient (Wildman–Crippen LogP) is 1.13. The number of hydrogen-bond donors (Lipinski definition) is 3. The van der Waals surface area contributed by atoms with Gasteiger partial charge in [0.2, 0.25) is 16.3 Å². The summed E-state index contributed by atoms with van der Waals surface area (Å²) in [5.74, 6) is -1.61. The number of nitrogens with one attached hydrogen (secondary N) is 1. The number of carbonyl (C=O) groups excluding carboxylic acids is 3. The lowest BCUT2D eigenvalue weighted by Crippen LogP contribution is -2.20. The molecule has 5 N–H and O–H groups in total. The number of benzene rings is 1. The number of anilines is 1. The minimum absolute atomic E-state index is 0.0739. The number of aromatic nitrogens is 3. The Morgan fingerprint density at radius 3 is 2.38 bits per heavy atom. The number of hydrogen-bond acceptors (Lipinski definition) is 7. The molecule has 0 spiro atoms. The third kappa shape index (κ3) is 5.99. The molecule has 16 heteroatoms. The number of alkyl halides is 3. The van der Waals surface area contributed by atoms with Crippen LogP contribution in [0.25, 0.3) is 5.65 Å². The fraction of sp³-hybridized carbons (Fsp3) is 0.0625. The number of primary sulfonamides is 1. The Morgan fingerprint density at radius 1 is 1.22 bits per heavy atom. The molecule has 3 rings (SSSR count). The summed E-state index contributed by atoms with van der Waals surface area (Å²) in [4.78, 5) is 36.4. The van der Waals surface area contributed by atoms with Gasteiger partial charge in [0, 0.05) is 12.4 Å². The lowest BCUT2D eigenvalue weighted by atomic mass is 10.1. The Morgan fingerprint density at radius 2 is 1.84 bits per heavy atom. The lowest BCUT2D eigenvalue weighted by Gasteiger charge is -2.11. The van der Waals surface area contributed by atoms with Crippen LogP contribution in [0.15, 0.2) is 41.7 Å². The molecule has 170 valence electrons. The maximum atomic E-state index is 12.5. The van der Waals surface area contributed by atoms with Crippen LogP contribution in [0.1, 0.15) is 20.7 Å². The van der Waals surface area contributed by atoms with E-state index in [1.807, 2.05) is 0 Å². The molecule has 2 aromatic heterocycles. The molecule has 0 atom stereocenters. The van der Waals surface area contributed by atoms with Crippen LogP contribution in [0.4, 0.5) is 18.9 Å². The monoisotopic (exact) mass is 492 g/mol. The van der Waals surface area contributed by atoms with Gasteiger partial charge in [-0.2, -0.15) is 18.3 Å². The van der Waals surface area contributed by atoms with Gasteiger partial charge in [-0.25, -0.2) is 23.1 Å². The van der Waals surface area contributed by atoms with Crippen molar-refractivity contribution in [3.05, 3.63) is 52.9 Å². The second-order valence-electron chi connectivity index (χ2n) is 5.80. The Labute approximate surface area is 182 Å². The van der Waals surface area contributed by atoms with E-state index in [9.17, 15) is 31.2 Å². The number of sulfonamides is 1. The van der Waals surface area contributed by atoms with Gasteiger partial charge in [-0.1, -0.05) is 11.6 Å². The number of carbonyl (C=O) groups is 3. The quantitative estimate of drug-likeness (QED) is 0.456. The summed E-state index contributed by atoms with van der Waals surface area (Å²) in [5.41, 5.74) is 5.34. The van der Waals surface area contributed by atoms with Gasteiger partial charge in [-0.15, -0.1) is 0 Å². The van der Waals surface area contributed by atoms with Crippen molar-refractivity contribution in [1.82, 2.24) is 14.6 Å². The largest absolute Gasteiger partial charge is 0.446 e. The van der Waals surface area contributed by atoms with Crippen LogP contribution < -0.4 is 16.2 Å². The number of amides is 2. The third-order valence-corrected chi connectivity index (χ3v) is 4.93. The predicted molar refractivity (Wildman–Crippen MR) is 104 cm³/mol. The van der Waals surface area contributed by atoms with Crippen molar-refractivity contribution in [3.63, 3.8) is 0 Å². The number of primary amides is 1. The molecule has 0 bridgehead atoms. The summed E-state index contributed by atoms with van der Waals surface area (Å²) in [5, 5.41) is 11.2. The molecule has 2 amide bonds. The van der Waals surface area contributed by atoms with Crippen molar-refractivity contribution < 1.29 is 36.0 Å². The summed E-state index contributed by atoms with van der Waals surface area (Å²) < 4.78 is 55.7. The maximum absolute atomic E-state index is 12.5. The van der Waals surface area contributed by atoms with Crippen molar-refractivity contribution in [2.75, 3.05) is 5.32 Å². The molecule has 0 aliphatic heterocycles. The van der Waals surface area contributed by atoms with Crippen LogP contribution in [0, 0.1) is 0 Å². The molecule has 0 saturated heterocycles. The second kappa shape index (κ2) is 9.29. The standard InChI is InChI=1S/C14H11ClN6O4S.C2HF3O/c15-9-5-10(7(12(16)22)4-11(9)26(17,24)25)20-14(23)8-6-19-21-3-1-2-18-13(8)21;3-2(4,5)1-6/h1-6H,(H2,16,22)(H,20,23)(H2,17,24,25);1H. The minimum atomic E-state index is -4.64. The highest BCUT2D eigenvalue weighted by molar-refractivity contribution is 7.89. The van der Waals surface area contributed by atoms with Crippen molar-refractivity contribution in [3.8, 4) is 0 Å². The third-order valence-electron chi connectivity index (χ3n) is 3.55. The van der Waals surface area contributed by atoms with E-state index in [4.69, 9.17) is 27.3 Å². The van der Waals surface area contributed by atoms with E-state index in [1.54, 1.807) is 12.3 Å². The topological polar surface area (TPSA) is 180 Å². The van der Waals surface area contributed by atoms with Gasteiger partial charge in [-0.3, -0.25) is 14.4 Å². The summed E-state index contributed by atoms with van der Waals surface area (Å²) in [6.45, 7) is 0. The van der Waals surface area contributed by atoms with Gasteiger partial charge >= 0.3 is 6.18 Å². The van der Waals surface area contributed by atoms with Crippen LogP contribution in [-0.4, -0.2) is 47.3 Å². The van der Waals surface area contributed by atoms with Gasteiger partial charge in [0.05, 0.1) is 22.5 Å². The Balaban J connectivity index is 0.000000534. The minimum Gasteiger partial charge on any atom is -0.366 e. The zero-order valence-electron chi connectivity index (χ0n) is 15.5. The van der Waals surface area contributed by atoms with Crippen LogP contribution in [0.5, 0.6) is 0 Å². The van der Waals surface area contributed by atoms with Crippen molar-refractivity contribution in [1.29, 1.82) is 0 Å². The average Bonchev–Trinajstić information content (AvgIpc) is 3.11. The zero-order valence-corrected chi connectivity index (χ0v) is 17.1. The van der Waals surface area contributed by atoms with E-state index in [0.29, 0.717) is 0 Å². The molecular weight excluding hydrogens is 481 g/mol. The van der Waals surface area contributed by atoms with Crippen LogP contribution >= 0.6 is 11.6 Å². The second-order valence-corrected chi connectivity index (χ2v) is 7.73. The summed E-state index contributed by atoms with van der Waals surface area (Å²) in [6, 6.07) is 3.63. The van der Waals surface area contributed by atoms with E-state index < -0.39 is 39.2 Å². The zero-order chi connectivity index (χ0) is 24.3. The number of rotatable bonds is 4. The molecule has 11 nitrogen and oxygen atoms in total. The first-order chi connectivity index (χ1) is 14.7. The Kier molecular flexibility index (Phi) is 7.17. The maximum Gasteiger partial charge on any atom is 0.446 e. The molecule has 0 radical (unpaired) electrons. The van der Waals surface area contributed by atoms with Gasteiger partial charge in [0.1, 0.15) is 10.5 Å². The molecule has 3 aromatic rings. The van der Waals surface area contributed by atoms with E-state index in [1.165, 1.54) is 16.9 Å². The Hall–Kier alpha value is -3.56. The van der Waals surface area contributed by atoms with Gasteiger partial charge in [-0.05, 0) is 18.2 Å². The number of nitrogens with two attached hydrogens (primary N) is 2. The highest BCUT2D eigenvalue weighted by Crippen LogP contribution is 2.28. The van der Waals surface area contributed by atoms with E-state index in [0.717, 1.165) is 12.1 Å². The first-order valence-electron chi connectivity index (χ1n) is 8.03. The van der Waals surface area contributed by atoms with Crippen molar-refractivity contribution >= 4 is 51.1 Å². The molecule has 0 saturated carbocycles. The summed E-state index contributed by atoms with van der Waals surface area (Å²) in [7, 11) is -4.18. The molecule has 0 fully saturated rings. The summed E-state index contributed by atoms with van der Waals surface area (Å²) in [6.07, 6.45) is -1.32. The Bertz CT molecular complexity index is 1310. The van der Waals surface area contributed by atoms with Gasteiger partial charge in [0.25, 0.3) is 11.8 Å². The number of fused-ring (bicyclic) bond motifs is 1. The fourth-order valence-electron chi connectivity index (χ4n) is 2.26. The molecule has 0 aliphatic rings. The molecule has 0 unspecified atom stereocenters. The van der Waals surface area contributed by atoms with Crippen LogP contribution in [0.3, 0.4) is 0 Å². The number of nitrogens with zero attached hydrogens (tertiary/aromatic N) is 3. The molecule has 2 heterocycles. The highest BCUT2D eigenvalue weighted by Gasteiger charge is 2.25. The van der Waals surface area contributed by atoms with Crippen molar-refractivity contribution in [2.24, 2.45) is 10.9 Å². The lowest BCUT2D eigenvalue weighted by molar-refractivity contribution is -0.156. The normalized spacial score (nSPS) is 11.4. The van der Waals surface area contributed by atoms with Crippen LogP contribution in [0.2, 0.25) is 5.02 Å². The highest BCUT2D eigenvalue weighted by atomic mass is 35.5. The molecule has 32 heavy (non-hydrogen) atoms. The van der Waals surface area contributed by atoms with E-state index in [2.05, 4.69) is 15.4 Å². The smallest absolute Gasteiger partial charge is 0.366 e. The van der Waals surface area contributed by atoms with Crippen molar-refractivity contribution in [2.45, 2.75) is 11.1 Å². The first-order valence-corrected chi connectivity index (χ1v) is 9.96. The van der Waals surface area contributed by atoms with Crippen LogP contribution in [-0.2, 0) is 14.8 Å². The van der Waals surface area contributed by atoms with E-state index in [-0.39, 0.29) is 27.5 Å².